The fraction of sp³-hybridized carbons (Fsp3) is 0.619. The maximum Gasteiger partial charge on any atom is 0.241 e. The number of hydrogen-bond donors (Lipinski definition) is 3. The van der Waals surface area contributed by atoms with Crippen LogP contribution in [0.3, 0.4) is 0 Å². The van der Waals surface area contributed by atoms with Gasteiger partial charge in [-0.25, -0.2) is 13.8 Å². The lowest BCUT2D eigenvalue weighted by Gasteiger charge is -2.34. The van der Waals surface area contributed by atoms with Gasteiger partial charge in [-0.3, -0.25) is 15.0 Å². The molecule has 9 nitrogen and oxygen atoms in total. The zero-order valence-electron chi connectivity index (χ0n) is 18.0. The predicted molar refractivity (Wildman–Crippen MR) is 117 cm³/mol. The summed E-state index contributed by atoms with van der Waals surface area (Å²) in [6.45, 7) is 3.20. The van der Waals surface area contributed by atoms with Gasteiger partial charge in [0, 0.05) is 37.4 Å². The molecular formula is C21H31N5O4S. The maximum absolute atomic E-state index is 13.5. The van der Waals surface area contributed by atoms with Gasteiger partial charge in [0.1, 0.15) is 6.04 Å². The van der Waals surface area contributed by atoms with E-state index in [2.05, 4.69) is 16.2 Å². The van der Waals surface area contributed by atoms with Crippen LogP contribution in [-0.2, 0) is 19.6 Å². The molecule has 0 bridgehead atoms. The number of anilines is 1. The molecule has 3 aliphatic rings. The summed E-state index contributed by atoms with van der Waals surface area (Å²) >= 11 is 0. The normalized spacial score (nSPS) is 31.8. The summed E-state index contributed by atoms with van der Waals surface area (Å²) in [5.74, 6) is -0.167. The van der Waals surface area contributed by atoms with Gasteiger partial charge >= 0.3 is 0 Å². The van der Waals surface area contributed by atoms with Crippen LogP contribution in [0, 0.1) is 5.41 Å². The molecule has 1 aromatic rings. The molecule has 0 aliphatic carbocycles. The molecule has 10 heteroatoms. The Morgan fingerprint density at radius 2 is 1.81 bits per heavy atom. The van der Waals surface area contributed by atoms with E-state index in [1.54, 1.807) is 4.90 Å². The van der Waals surface area contributed by atoms with Gasteiger partial charge in [-0.05, 0) is 44.7 Å². The first-order chi connectivity index (χ1) is 14.7. The van der Waals surface area contributed by atoms with Crippen LogP contribution >= 0.6 is 0 Å². The van der Waals surface area contributed by atoms with Crippen LogP contribution in [-0.4, -0.2) is 73.5 Å². The second kappa shape index (κ2) is 8.50. The Balaban J connectivity index is 1.58. The fourth-order valence-corrected chi connectivity index (χ4v) is 6.41. The molecule has 2 unspecified atom stereocenters. The summed E-state index contributed by atoms with van der Waals surface area (Å²) < 4.78 is 26.4. The van der Waals surface area contributed by atoms with Crippen LogP contribution in [0.25, 0.3) is 0 Å². The van der Waals surface area contributed by atoms with Gasteiger partial charge in [0.2, 0.25) is 21.8 Å². The number of sulfonamides is 1. The summed E-state index contributed by atoms with van der Waals surface area (Å²) in [6, 6.07) is 8.66. The van der Waals surface area contributed by atoms with Gasteiger partial charge in [0.15, 0.2) is 0 Å². The summed E-state index contributed by atoms with van der Waals surface area (Å²) in [5, 5.41) is 2.99. The highest BCUT2D eigenvalue weighted by molar-refractivity contribution is 7.88. The molecule has 3 fully saturated rings. The minimum absolute atomic E-state index is 0.00125. The van der Waals surface area contributed by atoms with Crippen LogP contribution in [0.5, 0.6) is 0 Å². The van der Waals surface area contributed by atoms with E-state index in [0.29, 0.717) is 51.0 Å². The fourth-order valence-electron chi connectivity index (χ4n) is 5.21. The van der Waals surface area contributed by atoms with E-state index in [0.717, 1.165) is 0 Å². The Labute approximate surface area is 183 Å². The number of benzene rings is 1. The first-order valence-electron chi connectivity index (χ1n) is 10.8. The number of hydrogen-bond acceptors (Lipinski definition) is 6. The first kappa shape index (κ1) is 22.2. The molecule has 3 saturated heterocycles. The lowest BCUT2D eigenvalue weighted by Crippen LogP contribution is -2.48. The monoisotopic (exact) mass is 449 g/mol. The van der Waals surface area contributed by atoms with Gasteiger partial charge in [0.25, 0.3) is 0 Å². The van der Waals surface area contributed by atoms with Gasteiger partial charge in [-0.15, -0.1) is 0 Å². The first-order valence-corrected chi connectivity index (χ1v) is 12.7. The molecule has 0 radical (unpaired) electrons. The number of likely N-dealkylation sites (tertiary alicyclic amines) is 1. The molecule has 170 valence electrons. The van der Waals surface area contributed by atoms with E-state index in [1.807, 2.05) is 37.3 Å². The maximum atomic E-state index is 13.5. The van der Waals surface area contributed by atoms with E-state index in [9.17, 15) is 18.0 Å². The highest BCUT2D eigenvalue weighted by atomic mass is 32.2. The standard InChI is InChI=1S/C21H31N5O4S/c1-15-14-17(24-23-15)19(27)25-11-8-18-21(9-12-25,10-13-26(18)31(2,29)30)20(28)22-16-6-4-3-5-7-16/h3-7,15,17-18,23-24H,8-14H2,1-2H3,(H,22,28)/t15?,17?,18-,21+/m1/s1. The van der Waals surface area contributed by atoms with E-state index < -0.39 is 21.5 Å². The molecule has 3 heterocycles. The number of para-hydroxylation sites is 1. The van der Waals surface area contributed by atoms with Crippen LogP contribution < -0.4 is 16.2 Å². The molecule has 0 aromatic heterocycles. The predicted octanol–water partition coefficient (Wildman–Crippen LogP) is 0.523. The quantitative estimate of drug-likeness (QED) is 0.618. The Morgan fingerprint density at radius 1 is 1.10 bits per heavy atom. The number of fused-ring (bicyclic) bond motifs is 1. The number of carbonyl (C=O) groups is 2. The van der Waals surface area contributed by atoms with Crippen molar-refractivity contribution < 1.29 is 18.0 Å². The van der Waals surface area contributed by atoms with Crippen molar-refractivity contribution in [1.82, 2.24) is 20.1 Å². The molecule has 31 heavy (non-hydrogen) atoms. The third-order valence-corrected chi connectivity index (χ3v) is 8.17. The zero-order valence-corrected chi connectivity index (χ0v) is 18.8. The highest BCUT2D eigenvalue weighted by Gasteiger charge is 2.56. The second-order valence-corrected chi connectivity index (χ2v) is 10.9. The molecule has 3 aliphatic heterocycles. The van der Waals surface area contributed by atoms with Crippen LogP contribution in [0.2, 0.25) is 0 Å². The van der Waals surface area contributed by atoms with Gasteiger partial charge in [0.05, 0.1) is 11.7 Å². The minimum Gasteiger partial charge on any atom is -0.341 e. The van der Waals surface area contributed by atoms with Crippen molar-refractivity contribution in [2.75, 3.05) is 31.2 Å². The Bertz CT molecular complexity index is 940. The number of carbonyl (C=O) groups excluding carboxylic acids is 2. The topological polar surface area (TPSA) is 111 Å². The van der Waals surface area contributed by atoms with Crippen molar-refractivity contribution >= 4 is 27.5 Å². The van der Waals surface area contributed by atoms with Crippen LogP contribution in [0.15, 0.2) is 30.3 Å². The molecule has 4 atom stereocenters. The van der Waals surface area contributed by atoms with Crippen molar-refractivity contribution in [2.45, 2.75) is 50.7 Å². The molecule has 0 spiro atoms. The number of amides is 2. The number of nitrogens with one attached hydrogen (secondary N) is 3. The van der Waals surface area contributed by atoms with E-state index in [4.69, 9.17) is 0 Å². The second-order valence-electron chi connectivity index (χ2n) is 8.96. The summed E-state index contributed by atoms with van der Waals surface area (Å²) in [6.07, 6.45) is 3.22. The number of hydrazine groups is 1. The molecule has 0 saturated carbocycles. The molecule has 2 amide bonds. The van der Waals surface area contributed by atoms with Crippen molar-refractivity contribution in [3.05, 3.63) is 30.3 Å². The lowest BCUT2D eigenvalue weighted by molar-refractivity contribution is -0.134. The molecule has 1 aromatic carbocycles. The number of rotatable bonds is 4. The van der Waals surface area contributed by atoms with E-state index in [-0.39, 0.29) is 23.9 Å². The van der Waals surface area contributed by atoms with Crippen molar-refractivity contribution in [3.8, 4) is 0 Å². The average Bonchev–Trinajstić information content (AvgIpc) is 3.28. The third kappa shape index (κ3) is 4.34. The van der Waals surface area contributed by atoms with Crippen LogP contribution in [0.4, 0.5) is 5.69 Å². The van der Waals surface area contributed by atoms with Gasteiger partial charge < -0.3 is 10.2 Å². The van der Waals surface area contributed by atoms with E-state index in [1.165, 1.54) is 10.6 Å². The van der Waals surface area contributed by atoms with Crippen molar-refractivity contribution in [3.63, 3.8) is 0 Å². The van der Waals surface area contributed by atoms with Gasteiger partial charge in [-0.1, -0.05) is 18.2 Å². The highest BCUT2D eigenvalue weighted by Crippen LogP contribution is 2.45. The summed E-state index contributed by atoms with van der Waals surface area (Å²) in [5.41, 5.74) is 5.95. The van der Waals surface area contributed by atoms with E-state index >= 15 is 0 Å². The SMILES string of the molecule is CC1CC(C(=O)N2CC[C@H]3N(S(C)(=O)=O)CC[C@@]3(C(=O)Nc3ccccc3)CC2)NN1. The summed E-state index contributed by atoms with van der Waals surface area (Å²) in [4.78, 5) is 28.4. The minimum atomic E-state index is -3.47. The molecule has 4 rings (SSSR count). The smallest absolute Gasteiger partial charge is 0.241 e. The van der Waals surface area contributed by atoms with Crippen LogP contribution in [0.1, 0.15) is 32.6 Å². The zero-order chi connectivity index (χ0) is 22.2. The van der Waals surface area contributed by atoms with Crippen molar-refractivity contribution in [2.24, 2.45) is 5.41 Å². The Hall–Kier alpha value is -2.01. The number of nitrogens with zero attached hydrogens (tertiary/aromatic N) is 2. The average molecular weight is 450 g/mol. The summed E-state index contributed by atoms with van der Waals surface area (Å²) in [7, 11) is -3.47. The third-order valence-electron chi connectivity index (χ3n) is 6.88. The molecular weight excluding hydrogens is 418 g/mol. The Kier molecular flexibility index (Phi) is 6.08. The largest absolute Gasteiger partial charge is 0.341 e. The van der Waals surface area contributed by atoms with Crippen molar-refractivity contribution in [1.29, 1.82) is 0 Å². The Morgan fingerprint density at radius 3 is 2.45 bits per heavy atom. The molecule has 3 N–H and O–H groups in total. The lowest BCUT2D eigenvalue weighted by atomic mass is 9.76. The van der Waals surface area contributed by atoms with Gasteiger partial charge in [-0.2, -0.15) is 4.31 Å².